The molecule has 1 aliphatic carbocycles. The van der Waals surface area contributed by atoms with Gasteiger partial charge in [-0.15, -0.1) is 0 Å². The van der Waals surface area contributed by atoms with Gasteiger partial charge in [-0.25, -0.2) is 0 Å². The number of fused-ring (bicyclic) bond motifs is 10. The smallest absolute Gasteiger partial charge is 0.0541 e. The minimum atomic E-state index is 1.16. The van der Waals surface area contributed by atoms with Crippen molar-refractivity contribution in [2.24, 2.45) is 0 Å². The van der Waals surface area contributed by atoms with Gasteiger partial charge in [0.25, 0.3) is 0 Å². The average molecular weight is 735 g/mol. The molecular weight excluding hydrogens is 701 g/mol. The minimum absolute atomic E-state index is 1.16. The van der Waals surface area contributed by atoms with E-state index in [-0.39, 0.29) is 0 Å². The average Bonchev–Trinajstić information content (AvgIpc) is 3.92. The van der Waals surface area contributed by atoms with Gasteiger partial charge in [0.2, 0.25) is 0 Å². The van der Waals surface area contributed by atoms with Crippen molar-refractivity contribution in [1.29, 1.82) is 0 Å². The molecule has 0 saturated carbocycles. The Balaban J connectivity index is 0.939. The molecule has 0 aliphatic heterocycles. The van der Waals surface area contributed by atoms with Crippen LogP contribution in [0.3, 0.4) is 0 Å². The van der Waals surface area contributed by atoms with Crippen LogP contribution in [0.1, 0.15) is 0 Å². The first-order chi connectivity index (χ1) is 28.7. The Hall–Kier alpha value is -7.68. The molecule has 12 aromatic rings. The molecule has 2 heterocycles. The lowest BCUT2D eigenvalue weighted by atomic mass is 9.95. The molecule has 0 spiro atoms. The van der Waals surface area contributed by atoms with Crippen LogP contribution in [0.2, 0.25) is 0 Å². The van der Waals surface area contributed by atoms with Crippen LogP contribution in [0.4, 0.5) is 0 Å². The molecule has 0 amide bonds. The van der Waals surface area contributed by atoms with E-state index in [0.717, 1.165) is 5.69 Å². The van der Waals surface area contributed by atoms with Crippen molar-refractivity contribution in [1.82, 2.24) is 9.13 Å². The highest BCUT2D eigenvalue weighted by Gasteiger charge is 2.22. The number of aromatic nitrogens is 2. The number of benzene rings is 10. The Morgan fingerprint density at radius 1 is 0.241 bits per heavy atom. The first kappa shape index (κ1) is 31.5. The summed E-state index contributed by atoms with van der Waals surface area (Å²) in [4.78, 5) is 0. The summed E-state index contributed by atoms with van der Waals surface area (Å²) in [6, 6.07) is 76.3. The van der Waals surface area contributed by atoms with Crippen molar-refractivity contribution >= 4 is 65.2 Å². The third-order valence-electron chi connectivity index (χ3n) is 12.6. The maximum atomic E-state index is 2.44. The Kier molecular flexibility index (Phi) is 6.47. The predicted octanol–water partition coefficient (Wildman–Crippen LogP) is 15.2. The highest BCUT2D eigenvalue weighted by atomic mass is 15.0. The van der Waals surface area contributed by atoms with Gasteiger partial charge in [-0.1, -0.05) is 127 Å². The quantitative estimate of drug-likeness (QED) is 0.170. The molecule has 0 saturated heterocycles. The van der Waals surface area contributed by atoms with E-state index >= 15 is 0 Å². The van der Waals surface area contributed by atoms with Crippen LogP contribution >= 0.6 is 0 Å². The Labute approximate surface area is 335 Å². The van der Waals surface area contributed by atoms with Crippen molar-refractivity contribution in [2.75, 3.05) is 0 Å². The number of hydrogen-bond donors (Lipinski definition) is 0. The van der Waals surface area contributed by atoms with E-state index in [1.807, 2.05) is 0 Å². The van der Waals surface area contributed by atoms with E-state index in [1.54, 1.807) is 0 Å². The standard InChI is InChI=1S/C56H34N2/c1-2-12-42(13-3-1)57-52-19-8-6-16-46(52)49-32-37(24-27-54(49)57)38-25-28-55-50(33-38)47-17-7-9-20-53(47)58(55)43-26-23-35-21-22-36(29-40(35)31-43)41-30-39-11-10-18-48-44-14-4-5-15-45(44)51(34-41)56(39)48/h1-34H. The summed E-state index contributed by atoms with van der Waals surface area (Å²) in [5.74, 6) is 0. The highest BCUT2D eigenvalue weighted by Crippen LogP contribution is 2.49. The molecule has 10 aromatic carbocycles. The minimum Gasteiger partial charge on any atom is -0.309 e. The summed E-state index contributed by atoms with van der Waals surface area (Å²) in [7, 11) is 0. The largest absolute Gasteiger partial charge is 0.309 e. The van der Waals surface area contributed by atoms with Gasteiger partial charge in [-0.05, 0) is 145 Å². The topological polar surface area (TPSA) is 9.86 Å². The van der Waals surface area contributed by atoms with Crippen molar-refractivity contribution in [2.45, 2.75) is 0 Å². The molecule has 0 atom stereocenters. The maximum Gasteiger partial charge on any atom is 0.0541 e. The molecule has 0 bridgehead atoms. The van der Waals surface area contributed by atoms with Gasteiger partial charge in [0.1, 0.15) is 0 Å². The molecule has 2 heteroatoms. The molecule has 13 rings (SSSR count). The second kappa shape index (κ2) is 11.9. The first-order valence-electron chi connectivity index (χ1n) is 20.1. The fourth-order valence-electron chi connectivity index (χ4n) is 9.98. The zero-order valence-corrected chi connectivity index (χ0v) is 31.5. The molecule has 2 nitrogen and oxygen atoms in total. The van der Waals surface area contributed by atoms with Crippen LogP contribution in [0.5, 0.6) is 0 Å². The van der Waals surface area contributed by atoms with Crippen LogP contribution < -0.4 is 0 Å². The maximum absolute atomic E-state index is 2.44. The van der Waals surface area contributed by atoms with Crippen LogP contribution in [-0.4, -0.2) is 9.13 Å². The summed E-state index contributed by atoms with van der Waals surface area (Å²) in [5, 5.41) is 10.1. The summed E-state index contributed by atoms with van der Waals surface area (Å²) >= 11 is 0. The number of nitrogens with zero attached hydrogens (tertiary/aromatic N) is 2. The third-order valence-corrected chi connectivity index (χ3v) is 12.6. The lowest BCUT2D eigenvalue weighted by molar-refractivity contribution is 1.18. The molecule has 0 N–H and O–H groups in total. The second-order valence-electron chi connectivity index (χ2n) is 15.7. The van der Waals surface area contributed by atoms with Crippen molar-refractivity contribution < 1.29 is 0 Å². The summed E-state index contributed by atoms with van der Waals surface area (Å²) in [5.41, 5.74) is 17.4. The molecular formula is C56H34N2. The highest BCUT2D eigenvalue weighted by molar-refractivity contribution is 6.17. The zero-order valence-electron chi connectivity index (χ0n) is 31.5. The van der Waals surface area contributed by atoms with Gasteiger partial charge in [-0.2, -0.15) is 0 Å². The van der Waals surface area contributed by atoms with E-state index < -0.39 is 0 Å². The lowest BCUT2D eigenvalue weighted by Crippen LogP contribution is -1.94. The van der Waals surface area contributed by atoms with E-state index in [0.29, 0.717) is 0 Å². The Bertz CT molecular complexity index is 3670. The number of rotatable bonds is 4. The van der Waals surface area contributed by atoms with Crippen molar-refractivity contribution in [3.8, 4) is 55.9 Å². The van der Waals surface area contributed by atoms with Gasteiger partial charge < -0.3 is 9.13 Å². The van der Waals surface area contributed by atoms with Gasteiger partial charge in [0.15, 0.2) is 0 Å². The van der Waals surface area contributed by atoms with E-state index in [2.05, 4.69) is 215 Å². The van der Waals surface area contributed by atoms with Crippen molar-refractivity contribution in [3.63, 3.8) is 0 Å². The van der Waals surface area contributed by atoms with Crippen LogP contribution in [-0.2, 0) is 0 Å². The lowest BCUT2D eigenvalue weighted by Gasteiger charge is -2.12. The van der Waals surface area contributed by atoms with Gasteiger partial charge in [0.05, 0.1) is 22.1 Å². The molecule has 1 aliphatic rings. The predicted molar refractivity (Wildman–Crippen MR) is 245 cm³/mol. The number of para-hydroxylation sites is 3. The van der Waals surface area contributed by atoms with Gasteiger partial charge in [0, 0.05) is 32.9 Å². The second-order valence-corrected chi connectivity index (χ2v) is 15.7. The van der Waals surface area contributed by atoms with E-state index in [4.69, 9.17) is 0 Å². The summed E-state index contributed by atoms with van der Waals surface area (Å²) in [6.07, 6.45) is 0. The van der Waals surface area contributed by atoms with Gasteiger partial charge >= 0.3 is 0 Å². The van der Waals surface area contributed by atoms with E-state index in [1.165, 1.54) is 115 Å². The monoisotopic (exact) mass is 734 g/mol. The number of hydrogen-bond acceptors (Lipinski definition) is 0. The van der Waals surface area contributed by atoms with Gasteiger partial charge in [-0.3, -0.25) is 0 Å². The third kappa shape index (κ3) is 4.48. The van der Waals surface area contributed by atoms with E-state index in [9.17, 15) is 0 Å². The van der Waals surface area contributed by atoms with Crippen LogP contribution in [0.15, 0.2) is 206 Å². The fourth-order valence-corrected chi connectivity index (χ4v) is 9.98. The van der Waals surface area contributed by atoms with Crippen LogP contribution in [0, 0.1) is 0 Å². The molecule has 2 aromatic heterocycles. The Morgan fingerprint density at radius 2 is 0.776 bits per heavy atom. The SMILES string of the molecule is c1ccc(-n2c3ccccc3c3cc(-c4ccc5c(c4)c4ccccc4n5-c4ccc5ccc(-c6cc7c8c(cccc8c6)-c6ccccc6-7)cc5c4)ccc32)cc1. The molecule has 0 unspecified atom stereocenters. The first-order valence-corrected chi connectivity index (χ1v) is 20.1. The molecule has 268 valence electrons. The zero-order chi connectivity index (χ0) is 37.9. The molecule has 0 fully saturated rings. The summed E-state index contributed by atoms with van der Waals surface area (Å²) < 4.78 is 4.82. The summed E-state index contributed by atoms with van der Waals surface area (Å²) in [6.45, 7) is 0. The Morgan fingerprint density at radius 3 is 1.50 bits per heavy atom. The fraction of sp³-hybridized carbons (Fsp3) is 0. The van der Waals surface area contributed by atoms with Crippen LogP contribution in [0.25, 0.3) is 121 Å². The normalized spacial score (nSPS) is 12.1. The van der Waals surface area contributed by atoms with Crippen molar-refractivity contribution in [3.05, 3.63) is 206 Å². The molecule has 0 radical (unpaired) electrons. The molecule has 58 heavy (non-hydrogen) atoms.